The summed E-state index contributed by atoms with van der Waals surface area (Å²) in [5, 5.41) is 7.12. The average Bonchev–Trinajstić information content (AvgIpc) is 3.36. The van der Waals surface area contributed by atoms with Crippen LogP contribution in [0.25, 0.3) is 10.9 Å². The van der Waals surface area contributed by atoms with Crippen molar-refractivity contribution in [3.05, 3.63) is 75.4 Å². The van der Waals surface area contributed by atoms with Gasteiger partial charge in [0, 0.05) is 47.8 Å². The first-order valence-electron chi connectivity index (χ1n) is 17.8. The van der Waals surface area contributed by atoms with Gasteiger partial charge in [0.2, 0.25) is 5.91 Å². The number of hydrogen-bond donors (Lipinski definition) is 3. The SMILES string of the molecule is C=C1CC(C)C(CC(=O)NCCN2CCC([C@H](C)n3c(C)c(C(=O)NCc4c(OC)cc(C)[nH]c4=O)c4ccccc43)CC2)C(CC)C1. The van der Waals surface area contributed by atoms with Crippen LogP contribution in [0.4, 0.5) is 0 Å². The van der Waals surface area contributed by atoms with Crippen molar-refractivity contribution in [2.45, 2.75) is 85.7 Å². The Morgan fingerprint density at radius 3 is 2.56 bits per heavy atom. The van der Waals surface area contributed by atoms with Crippen LogP contribution in [0, 0.1) is 37.5 Å². The lowest BCUT2D eigenvalue weighted by molar-refractivity contribution is -0.123. The van der Waals surface area contributed by atoms with Gasteiger partial charge in [0.15, 0.2) is 0 Å². The third-order valence-corrected chi connectivity index (χ3v) is 11.2. The summed E-state index contributed by atoms with van der Waals surface area (Å²) in [4.78, 5) is 44.5. The Balaban J connectivity index is 1.17. The van der Waals surface area contributed by atoms with E-state index in [1.54, 1.807) is 13.0 Å². The van der Waals surface area contributed by atoms with Crippen LogP contribution in [-0.4, -0.2) is 59.6 Å². The van der Waals surface area contributed by atoms with Crippen molar-refractivity contribution >= 4 is 22.7 Å². The minimum Gasteiger partial charge on any atom is -0.496 e. The van der Waals surface area contributed by atoms with Crippen LogP contribution in [0.1, 0.15) is 92.6 Å². The highest BCUT2D eigenvalue weighted by Crippen LogP contribution is 2.41. The zero-order valence-corrected chi connectivity index (χ0v) is 29.8. The number of rotatable bonds is 12. The number of nitrogens with zero attached hydrogens (tertiary/aromatic N) is 2. The van der Waals surface area contributed by atoms with Gasteiger partial charge in [0.25, 0.3) is 11.5 Å². The van der Waals surface area contributed by atoms with E-state index in [2.05, 4.69) is 58.5 Å². The van der Waals surface area contributed by atoms with E-state index in [0.29, 0.717) is 59.2 Å². The summed E-state index contributed by atoms with van der Waals surface area (Å²) >= 11 is 0. The van der Waals surface area contributed by atoms with Crippen molar-refractivity contribution < 1.29 is 14.3 Å². The van der Waals surface area contributed by atoms with Gasteiger partial charge in [-0.25, -0.2) is 0 Å². The molecule has 3 aromatic rings. The zero-order chi connectivity index (χ0) is 34.5. The Morgan fingerprint density at radius 1 is 1.12 bits per heavy atom. The van der Waals surface area contributed by atoms with Crippen molar-refractivity contribution in [3.8, 4) is 5.75 Å². The quantitative estimate of drug-likeness (QED) is 0.199. The third kappa shape index (κ3) is 7.72. The maximum absolute atomic E-state index is 13.7. The molecule has 48 heavy (non-hydrogen) atoms. The molecule has 0 spiro atoms. The molecule has 0 radical (unpaired) electrons. The number of carbonyl (C=O) groups excluding carboxylic acids is 2. The van der Waals surface area contributed by atoms with Gasteiger partial charge in [-0.3, -0.25) is 14.4 Å². The number of para-hydroxylation sites is 1. The highest BCUT2D eigenvalue weighted by atomic mass is 16.5. The lowest BCUT2D eigenvalue weighted by Crippen LogP contribution is -2.41. The number of allylic oxidation sites excluding steroid dienone is 1. The second kappa shape index (κ2) is 15.6. The fraction of sp³-hybridized carbons (Fsp3) is 0.564. The molecule has 2 amide bonds. The predicted octanol–water partition coefficient (Wildman–Crippen LogP) is 6.29. The van der Waals surface area contributed by atoms with Crippen LogP contribution in [0.3, 0.4) is 0 Å². The Kier molecular flexibility index (Phi) is 11.5. The Bertz CT molecular complexity index is 1680. The Labute approximate surface area is 285 Å². The molecule has 3 heterocycles. The number of H-pyrrole nitrogens is 1. The maximum Gasteiger partial charge on any atom is 0.256 e. The molecule has 3 N–H and O–H groups in total. The summed E-state index contributed by atoms with van der Waals surface area (Å²) in [5.74, 6) is 2.42. The molecular weight excluding hydrogens is 602 g/mol. The first-order chi connectivity index (χ1) is 23.0. The highest BCUT2D eigenvalue weighted by molar-refractivity contribution is 6.08. The molecule has 4 atom stereocenters. The fourth-order valence-electron chi connectivity index (χ4n) is 8.50. The van der Waals surface area contributed by atoms with Crippen molar-refractivity contribution in [3.63, 3.8) is 0 Å². The number of ether oxygens (including phenoxy) is 1. The molecule has 3 unspecified atom stereocenters. The predicted molar refractivity (Wildman–Crippen MR) is 193 cm³/mol. The Hall–Kier alpha value is -3.85. The number of aromatic nitrogens is 2. The summed E-state index contributed by atoms with van der Waals surface area (Å²) in [6.45, 7) is 18.4. The number of methoxy groups -OCH3 is 1. The summed E-state index contributed by atoms with van der Waals surface area (Å²) in [6.07, 6.45) is 5.94. The number of carbonyl (C=O) groups is 2. The van der Waals surface area contributed by atoms with E-state index in [0.717, 1.165) is 68.3 Å². The molecule has 9 heteroatoms. The van der Waals surface area contributed by atoms with Crippen LogP contribution in [-0.2, 0) is 11.3 Å². The van der Waals surface area contributed by atoms with Gasteiger partial charge in [-0.05, 0) is 95.3 Å². The van der Waals surface area contributed by atoms with Crippen LogP contribution in [0.15, 0.2) is 47.3 Å². The number of pyridine rings is 1. The van der Waals surface area contributed by atoms with Gasteiger partial charge in [0.05, 0.1) is 24.8 Å². The molecule has 1 aromatic carbocycles. The third-order valence-electron chi connectivity index (χ3n) is 11.2. The van der Waals surface area contributed by atoms with Crippen molar-refractivity contribution in [1.29, 1.82) is 0 Å². The number of amides is 2. The van der Waals surface area contributed by atoms with Crippen LogP contribution < -0.4 is 20.9 Å². The van der Waals surface area contributed by atoms with Crippen molar-refractivity contribution in [2.75, 3.05) is 33.3 Å². The molecule has 2 aliphatic rings. The van der Waals surface area contributed by atoms with E-state index in [1.807, 2.05) is 25.1 Å². The highest BCUT2D eigenvalue weighted by Gasteiger charge is 2.33. The number of benzene rings is 1. The van der Waals surface area contributed by atoms with E-state index < -0.39 is 0 Å². The van der Waals surface area contributed by atoms with Gasteiger partial charge in [-0.1, -0.05) is 50.6 Å². The number of nitrogens with one attached hydrogen (secondary N) is 3. The van der Waals surface area contributed by atoms with Gasteiger partial charge in [0.1, 0.15) is 5.75 Å². The molecule has 1 aliphatic heterocycles. The average molecular weight is 658 g/mol. The van der Waals surface area contributed by atoms with Gasteiger partial charge < -0.3 is 29.8 Å². The topological polar surface area (TPSA) is 108 Å². The molecule has 9 nitrogen and oxygen atoms in total. The summed E-state index contributed by atoms with van der Waals surface area (Å²) in [7, 11) is 1.53. The number of aromatic amines is 1. The number of piperidine rings is 1. The first kappa shape index (κ1) is 35.5. The molecule has 2 aromatic heterocycles. The Morgan fingerprint density at radius 2 is 1.85 bits per heavy atom. The molecule has 260 valence electrons. The molecular formula is C39H55N5O4. The molecule has 1 aliphatic carbocycles. The monoisotopic (exact) mass is 657 g/mol. The number of aryl methyl sites for hydroxylation is 1. The number of likely N-dealkylation sites (tertiary alicyclic amines) is 1. The van der Waals surface area contributed by atoms with Crippen LogP contribution in [0.5, 0.6) is 5.75 Å². The van der Waals surface area contributed by atoms with Crippen molar-refractivity contribution in [2.24, 2.45) is 23.7 Å². The van der Waals surface area contributed by atoms with Gasteiger partial charge in [-0.15, -0.1) is 0 Å². The number of hydrogen-bond acceptors (Lipinski definition) is 5. The fourth-order valence-corrected chi connectivity index (χ4v) is 8.50. The van der Waals surface area contributed by atoms with E-state index in [4.69, 9.17) is 4.74 Å². The molecule has 1 saturated carbocycles. The smallest absolute Gasteiger partial charge is 0.256 e. The van der Waals surface area contributed by atoms with Crippen LogP contribution >= 0.6 is 0 Å². The standard InChI is InChI=1S/C39H55N5O4/c1-8-29-20-24(2)19-25(3)32(29)22-36(45)40-15-18-43-16-13-30(14-17-43)27(5)44-28(6)37(31-11-9-10-12-34(31)44)39(47)41-23-33-35(48-7)21-26(4)42-38(33)46/h9-12,21,25,27,29-30,32H,2,8,13-20,22-23H2,1,3-7H3,(H,40,45)(H,41,47)(H,42,46)/t25?,27-,29?,32?/m0/s1. The van der Waals surface area contributed by atoms with E-state index in [1.165, 1.54) is 12.7 Å². The molecule has 0 bridgehead atoms. The van der Waals surface area contributed by atoms with Gasteiger partial charge >= 0.3 is 0 Å². The van der Waals surface area contributed by atoms with Crippen molar-refractivity contribution in [1.82, 2.24) is 25.1 Å². The summed E-state index contributed by atoms with van der Waals surface area (Å²) in [5.41, 5.74) is 4.79. The van der Waals surface area contributed by atoms with E-state index in [9.17, 15) is 14.4 Å². The van der Waals surface area contributed by atoms with Gasteiger partial charge in [-0.2, -0.15) is 0 Å². The number of fused-ring (bicyclic) bond motifs is 1. The minimum atomic E-state index is -0.264. The zero-order valence-electron chi connectivity index (χ0n) is 29.8. The largest absolute Gasteiger partial charge is 0.496 e. The normalized spacial score (nSPS) is 21.3. The lowest BCUT2D eigenvalue weighted by atomic mass is 9.68. The maximum atomic E-state index is 13.7. The summed E-state index contributed by atoms with van der Waals surface area (Å²) in [6, 6.07) is 10.1. The molecule has 2 fully saturated rings. The molecule has 1 saturated heterocycles. The molecule has 5 rings (SSSR count). The second-order valence-electron chi connectivity index (χ2n) is 14.3. The van der Waals surface area contributed by atoms with E-state index >= 15 is 0 Å². The second-order valence-corrected chi connectivity index (χ2v) is 14.3. The lowest BCUT2D eigenvalue weighted by Gasteiger charge is -2.37. The van der Waals surface area contributed by atoms with E-state index in [-0.39, 0.29) is 30.0 Å². The van der Waals surface area contributed by atoms with Crippen LogP contribution in [0.2, 0.25) is 0 Å². The first-order valence-corrected chi connectivity index (χ1v) is 17.8. The minimum absolute atomic E-state index is 0.0696. The summed E-state index contributed by atoms with van der Waals surface area (Å²) < 4.78 is 7.75.